The minimum Gasteiger partial charge on any atom is -0.468 e. The number of ether oxygens (including phenoxy) is 3. The van der Waals surface area contributed by atoms with Gasteiger partial charge in [0.2, 0.25) is 0 Å². The number of benzene rings is 2. The molecule has 0 fully saturated rings. The van der Waals surface area contributed by atoms with Crippen LogP contribution in [0.5, 0.6) is 5.75 Å². The van der Waals surface area contributed by atoms with Crippen molar-refractivity contribution in [2.75, 3.05) is 25.8 Å². The molecule has 10 heteroatoms. The predicted molar refractivity (Wildman–Crippen MR) is 137 cm³/mol. The van der Waals surface area contributed by atoms with Crippen LogP contribution in [0.1, 0.15) is 34.1 Å². The van der Waals surface area contributed by atoms with Crippen LogP contribution in [0.25, 0.3) is 11.0 Å². The molecule has 192 valence electrons. The number of rotatable bonds is 11. The third kappa shape index (κ3) is 5.87. The molecular formula is C27H28N4O6. The number of carbonyl (C=O) groups excluding carboxylic acids is 1. The van der Waals surface area contributed by atoms with Crippen molar-refractivity contribution in [1.29, 1.82) is 0 Å². The minimum atomic E-state index is -0.763. The molecule has 10 nitrogen and oxygen atoms in total. The second-order valence-corrected chi connectivity index (χ2v) is 8.04. The van der Waals surface area contributed by atoms with Crippen LogP contribution >= 0.6 is 0 Å². The van der Waals surface area contributed by atoms with Gasteiger partial charge in [-0.3, -0.25) is 4.79 Å². The highest BCUT2D eigenvalue weighted by molar-refractivity contribution is 6.04. The average molecular weight is 505 g/mol. The molecule has 0 aliphatic heterocycles. The number of hydrogen-bond donors (Lipinski definition) is 1. The van der Waals surface area contributed by atoms with E-state index in [-0.39, 0.29) is 36.9 Å². The Hall–Kier alpha value is -4.44. The monoisotopic (exact) mass is 504 g/mol. The summed E-state index contributed by atoms with van der Waals surface area (Å²) in [5.41, 5.74) is 1.99. The molecule has 2 aromatic carbocycles. The van der Waals surface area contributed by atoms with Crippen molar-refractivity contribution in [1.82, 2.24) is 14.7 Å². The van der Waals surface area contributed by atoms with Gasteiger partial charge < -0.3 is 24.4 Å². The van der Waals surface area contributed by atoms with E-state index in [1.165, 1.54) is 6.33 Å². The summed E-state index contributed by atoms with van der Waals surface area (Å²) in [4.78, 5) is 41.1. The third-order valence-corrected chi connectivity index (χ3v) is 5.53. The summed E-state index contributed by atoms with van der Waals surface area (Å²) in [5, 5.41) is 3.73. The van der Waals surface area contributed by atoms with Crippen molar-refractivity contribution in [3.05, 3.63) is 93.7 Å². The van der Waals surface area contributed by atoms with E-state index in [4.69, 9.17) is 19.0 Å². The second-order valence-electron chi connectivity index (χ2n) is 8.04. The van der Waals surface area contributed by atoms with Gasteiger partial charge in [-0.05, 0) is 37.1 Å². The van der Waals surface area contributed by atoms with E-state index in [0.29, 0.717) is 23.4 Å². The lowest BCUT2D eigenvalue weighted by Crippen LogP contribution is -2.34. The Morgan fingerprint density at radius 3 is 2.49 bits per heavy atom. The molecule has 0 aliphatic carbocycles. The Morgan fingerprint density at radius 2 is 1.78 bits per heavy atom. The molecule has 2 aromatic heterocycles. The molecule has 0 saturated heterocycles. The summed E-state index contributed by atoms with van der Waals surface area (Å²) in [5.74, 6) is -0.105. The van der Waals surface area contributed by atoms with Crippen LogP contribution in [0.2, 0.25) is 0 Å². The van der Waals surface area contributed by atoms with Gasteiger partial charge in [-0.25, -0.2) is 14.8 Å². The number of aromatic nitrogens is 3. The summed E-state index contributed by atoms with van der Waals surface area (Å²) >= 11 is 0. The quantitative estimate of drug-likeness (QED) is 0.242. The fourth-order valence-electron chi connectivity index (χ4n) is 3.76. The first kappa shape index (κ1) is 25.6. The van der Waals surface area contributed by atoms with Crippen molar-refractivity contribution in [3.63, 3.8) is 0 Å². The summed E-state index contributed by atoms with van der Waals surface area (Å²) in [6, 6.07) is 16.8. The van der Waals surface area contributed by atoms with E-state index in [1.807, 2.05) is 54.6 Å². The molecule has 37 heavy (non-hydrogen) atoms. The average Bonchev–Trinajstić information content (AvgIpc) is 2.91. The molecule has 2 heterocycles. The van der Waals surface area contributed by atoms with Crippen LogP contribution in [0.15, 0.2) is 65.7 Å². The van der Waals surface area contributed by atoms with Gasteiger partial charge in [-0.2, -0.15) is 0 Å². The molecule has 1 N–H and O–H groups in total. The molecule has 0 radical (unpaired) electrons. The van der Waals surface area contributed by atoms with Crippen LogP contribution in [0.4, 0.5) is 5.69 Å². The number of carbonyl (C=O) groups is 1. The fraction of sp³-hybridized carbons (Fsp3) is 0.259. The first-order valence-electron chi connectivity index (χ1n) is 11.7. The molecule has 0 aliphatic rings. The number of anilines is 1. The smallest absolute Gasteiger partial charge is 0.346 e. The van der Waals surface area contributed by atoms with E-state index in [9.17, 15) is 9.59 Å². The molecule has 0 unspecified atom stereocenters. The van der Waals surface area contributed by atoms with Crippen LogP contribution in [-0.2, 0) is 22.6 Å². The second kappa shape index (κ2) is 12.0. The summed E-state index contributed by atoms with van der Waals surface area (Å²) < 4.78 is 16.6. The Bertz CT molecular complexity index is 1420. The molecule has 4 aromatic rings. The zero-order valence-electron chi connectivity index (χ0n) is 20.9. The zero-order chi connectivity index (χ0) is 26.2. The van der Waals surface area contributed by atoms with Gasteiger partial charge >= 0.3 is 11.5 Å². The maximum absolute atomic E-state index is 13.6. The van der Waals surface area contributed by atoms with Gasteiger partial charge in [0.15, 0.2) is 18.0 Å². The van der Waals surface area contributed by atoms with Crippen LogP contribution in [0.3, 0.4) is 0 Å². The maximum Gasteiger partial charge on any atom is 0.346 e. The third-order valence-electron chi connectivity index (χ3n) is 5.53. The zero-order valence-corrected chi connectivity index (χ0v) is 20.9. The van der Waals surface area contributed by atoms with Crippen molar-refractivity contribution in [2.45, 2.75) is 27.0 Å². The van der Waals surface area contributed by atoms with Crippen LogP contribution in [-0.4, -0.2) is 41.2 Å². The first-order chi connectivity index (χ1) is 18.0. The molecule has 0 saturated carbocycles. The molecule has 4 rings (SSSR count). The Labute approximate surface area is 213 Å². The van der Waals surface area contributed by atoms with Crippen molar-refractivity contribution >= 4 is 22.7 Å². The highest BCUT2D eigenvalue weighted by Gasteiger charge is 2.26. The first-order valence-corrected chi connectivity index (χ1v) is 11.7. The van der Waals surface area contributed by atoms with Gasteiger partial charge in [-0.1, -0.05) is 42.5 Å². The van der Waals surface area contributed by atoms with Crippen molar-refractivity contribution in [2.24, 2.45) is 0 Å². The minimum absolute atomic E-state index is 0.103. The van der Waals surface area contributed by atoms with E-state index >= 15 is 0 Å². The lowest BCUT2D eigenvalue weighted by Gasteiger charge is -2.19. The number of aryl methyl sites for hydroxylation is 1. The summed E-state index contributed by atoms with van der Waals surface area (Å²) in [6.45, 7) is 4.12. The van der Waals surface area contributed by atoms with E-state index in [1.54, 1.807) is 21.0 Å². The standard InChI is InChI=1S/C27H28N4O6/c1-4-35-27(33)23-24(28-14-19-10-12-21(13-11-19)36-17-34-3)22-18(2)29-16-30-25(22)31(26(23)32)37-15-20-8-6-5-7-9-20/h5-13,16,28H,4,14-15,17H2,1-3H3. The summed E-state index contributed by atoms with van der Waals surface area (Å²) in [7, 11) is 1.55. The number of methoxy groups -OCH3 is 1. The lowest BCUT2D eigenvalue weighted by molar-refractivity contribution is 0.0508. The number of nitrogens with one attached hydrogen (secondary N) is 1. The lowest BCUT2D eigenvalue weighted by atomic mass is 10.1. The number of pyridine rings is 1. The van der Waals surface area contributed by atoms with Gasteiger partial charge in [-0.15, -0.1) is 4.73 Å². The molecule has 0 amide bonds. The normalized spacial score (nSPS) is 10.8. The topological polar surface area (TPSA) is 114 Å². The van der Waals surface area contributed by atoms with Crippen molar-refractivity contribution in [3.8, 4) is 5.75 Å². The Kier molecular flexibility index (Phi) is 8.32. The number of nitrogens with zero attached hydrogens (tertiary/aromatic N) is 3. The largest absolute Gasteiger partial charge is 0.468 e. The van der Waals surface area contributed by atoms with Crippen LogP contribution in [0, 0.1) is 6.92 Å². The SMILES string of the molecule is CCOC(=O)c1c(NCc2ccc(OCOC)cc2)c2c(C)ncnc2n(OCc2ccccc2)c1=O. The van der Waals surface area contributed by atoms with Gasteiger partial charge in [0.25, 0.3) is 0 Å². The Morgan fingerprint density at radius 1 is 1.03 bits per heavy atom. The predicted octanol–water partition coefficient (Wildman–Crippen LogP) is 3.50. The van der Waals surface area contributed by atoms with E-state index in [2.05, 4.69) is 15.3 Å². The molecule has 0 spiro atoms. The Balaban J connectivity index is 1.76. The molecule has 0 bridgehead atoms. The number of esters is 1. The molecule has 0 atom stereocenters. The van der Waals surface area contributed by atoms with Crippen molar-refractivity contribution < 1.29 is 23.8 Å². The summed E-state index contributed by atoms with van der Waals surface area (Å²) in [6.07, 6.45) is 1.35. The fourth-order valence-corrected chi connectivity index (χ4v) is 3.76. The van der Waals surface area contributed by atoms with E-state index < -0.39 is 11.5 Å². The van der Waals surface area contributed by atoms with Crippen LogP contribution < -0.4 is 20.5 Å². The highest BCUT2D eigenvalue weighted by Crippen LogP contribution is 2.27. The molecular weight excluding hydrogens is 476 g/mol. The van der Waals surface area contributed by atoms with Gasteiger partial charge in [0, 0.05) is 13.7 Å². The number of fused-ring (bicyclic) bond motifs is 1. The van der Waals surface area contributed by atoms with E-state index in [0.717, 1.165) is 15.9 Å². The van der Waals surface area contributed by atoms with Gasteiger partial charge in [0.1, 0.15) is 18.7 Å². The highest BCUT2D eigenvalue weighted by atomic mass is 16.7. The van der Waals surface area contributed by atoms with Gasteiger partial charge in [0.05, 0.1) is 23.4 Å². The number of hydrogen-bond acceptors (Lipinski definition) is 9. The maximum atomic E-state index is 13.6.